The lowest BCUT2D eigenvalue weighted by Crippen LogP contribution is -2.70. The van der Waals surface area contributed by atoms with Crippen LogP contribution in [0.25, 0.3) is 10.9 Å². The zero-order valence-electron chi connectivity index (χ0n) is 33.8. The van der Waals surface area contributed by atoms with E-state index in [0.29, 0.717) is 69.7 Å². The van der Waals surface area contributed by atoms with Crippen LogP contribution in [0.4, 0.5) is 0 Å². The number of aliphatic hydroxyl groups excluding tert-OH is 1. The number of hydrogen-bond acceptors (Lipinski definition) is 15. The number of esters is 2. The predicted octanol–water partition coefficient (Wildman–Crippen LogP) is 3.94. The zero-order valence-corrected chi connectivity index (χ0v) is 34.6. The van der Waals surface area contributed by atoms with E-state index in [1.54, 1.807) is 7.11 Å². The van der Waals surface area contributed by atoms with Crippen molar-refractivity contribution in [1.29, 1.82) is 0 Å². The Balaban J connectivity index is 1.25. The predicted molar refractivity (Wildman–Crippen MR) is 215 cm³/mol. The Morgan fingerprint density at radius 1 is 1.07 bits per heavy atom. The number of carbonyl (C=O) groups is 2. The van der Waals surface area contributed by atoms with Crippen molar-refractivity contribution in [3.05, 3.63) is 68.9 Å². The zero-order chi connectivity index (χ0) is 41.3. The molecule has 12 rings (SSSR count). The van der Waals surface area contributed by atoms with Crippen LogP contribution in [0.1, 0.15) is 75.8 Å². The van der Waals surface area contributed by atoms with Gasteiger partial charge in [0.15, 0.2) is 28.5 Å². The number of aliphatic hydroxyl groups is 2. The fraction of sp³-hybridized carbons (Fsp3) is 0.488. The number of piperazine rings is 1. The molecule has 312 valence electrons. The Kier molecular flexibility index (Phi) is 8.91. The Morgan fingerprint density at radius 3 is 2.59 bits per heavy atom. The lowest BCUT2D eigenvalue weighted by atomic mass is 9.78. The van der Waals surface area contributed by atoms with Crippen LogP contribution >= 0.6 is 11.8 Å². The van der Waals surface area contributed by atoms with Gasteiger partial charge in [-0.2, -0.15) is 0 Å². The number of aromatic hydroxyl groups is 1. The highest BCUT2D eigenvalue weighted by atomic mass is 32.2. The molecule has 4 bridgehead atoms. The third-order valence-corrected chi connectivity index (χ3v) is 14.8. The molecule has 0 amide bonds. The molecule has 0 aliphatic carbocycles. The van der Waals surface area contributed by atoms with Gasteiger partial charge in [0.2, 0.25) is 6.79 Å². The third-order valence-electron chi connectivity index (χ3n) is 13.4. The number of ether oxygens (including phenoxy) is 6. The highest BCUT2D eigenvalue weighted by Gasteiger charge is 2.64. The number of methoxy groups -OCH3 is 2. The summed E-state index contributed by atoms with van der Waals surface area (Å²) in [5, 5.41) is 40.1. The molecule has 4 aromatic rings. The van der Waals surface area contributed by atoms with Crippen molar-refractivity contribution in [2.45, 2.75) is 81.2 Å². The van der Waals surface area contributed by atoms with Gasteiger partial charge in [-0.15, -0.1) is 11.8 Å². The van der Waals surface area contributed by atoms with Crippen molar-refractivity contribution < 1.29 is 53.3 Å². The average Bonchev–Trinajstić information content (AvgIpc) is 3.80. The van der Waals surface area contributed by atoms with E-state index >= 15 is 4.79 Å². The van der Waals surface area contributed by atoms with Crippen molar-refractivity contribution in [3.63, 3.8) is 0 Å². The number of thioether (sulfide) groups is 1. The number of benzene rings is 3. The summed E-state index contributed by atoms with van der Waals surface area (Å²) in [7, 11) is 3.14. The number of aromatic amines is 1. The second kappa shape index (κ2) is 13.7. The van der Waals surface area contributed by atoms with E-state index in [1.807, 2.05) is 45.0 Å². The van der Waals surface area contributed by atoms with Crippen LogP contribution < -0.4 is 29.0 Å². The molecule has 1 aromatic heterocycles. The van der Waals surface area contributed by atoms with Crippen molar-refractivity contribution in [2.75, 3.05) is 53.1 Å². The van der Waals surface area contributed by atoms with E-state index in [9.17, 15) is 20.1 Å². The van der Waals surface area contributed by atoms with Crippen LogP contribution in [0.2, 0.25) is 0 Å². The maximum atomic E-state index is 15.1. The van der Waals surface area contributed by atoms with Crippen LogP contribution in [-0.2, 0) is 32.7 Å². The van der Waals surface area contributed by atoms with E-state index < -0.39 is 52.6 Å². The number of rotatable bonds is 5. The van der Waals surface area contributed by atoms with Gasteiger partial charge in [0.25, 0.3) is 0 Å². The first-order chi connectivity index (χ1) is 28.4. The van der Waals surface area contributed by atoms with Crippen LogP contribution in [0.3, 0.4) is 0 Å². The fourth-order valence-electron chi connectivity index (χ4n) is 11.1. The Labute approximate surface area is 344 Å². The molecule has 0 radical (unpaired) electrons. The summed E-state index contributed by atoms with van der Waals surface area (Å²) in [6.07, 6.45) is 0.607. The number of phenols is 1. The van der Waals surface area contributed by atoms with Crippen LogP contribution in [0.5, 0.6) is 34.5 Å². The number of carbonyl (C=O) groups excluding carboxylic acids is 2. The fourth-order valence-corrected chi connectivity index (χ4v) is 12.8. The number of hydrogen-bond donors (Lipinski definition) is 5. The second-order valence-electron chi connectivity index (χ2n) is 16.5. The van der Waals surface area contributed by atoms with Gasteiger partial charge < -0.3 is 48.7 Å². The minimum Gasteiger partial charge on any atom is -0.504 e. The van der Waals surface area contributed by atoms with E-state index in [0.717, 1.165) is 27.6 Å². The van der Waals surface area contributed by atoms with Gasteiger partial charge in [0.1, 0.15) is 23.8 Å². The van der Waals surface area contributed by atoms with Crippen molar-refractivity contribution in [3.8, 4) is 34.5 Å². The maximum Gasteiger partial charge on any atom is 0.333 e. The minimum atomic E-state index is -1.53. The molecule has 0 saturated carbocycles. The first-order valence-electron chi connectivity index (χ1n) is 20.0. The molecule has 9 heterocycles. The molecule has 8 aliphatic rings. The van der Waals surface area contributed by atoms with E-state index in [1.165, 1.54) is 25.8 Å². The summed E-state index contributed by atoms with van der Waals surface area (Å²) in [4.78, 5) is 36.0. The first kappa shape index (κ1) is 38.5. The lowest BCUT2D eigenvalue weighted by Gasteiger charge is -2.61. The van der Waals surface area contributed by atoms with Crippen molar-refractivity contribution >= 4 is 34.6 Å². The summed E-state index contributed by atoms with van der Waals surface area (Å²) in [5.74, 6) is 1.26. The topological polar surface area (TPSA) is 185 Å². The van der Waals surface area contributed by atoms with Crippen LogP contribution in [0, 0.1) is 13.8 Å². The van der Waals surface area contributed by atoms with E-state index in [2.05, 4.69) is 20.1 Å². The summed E-state index contributed by atoms with van der Waals surface area (Å²) in [6.45, 7) is 7.34. The largest absolute Gasteiger partial charge is 0.504 e. The summed E-state index contributed by atoms with van der Waals surface area (Å²) in [6, 6.07) is 5.26. The van der Waals surface area contributed by atoms with Crippen LogP contribution in [-0.4, -0.2) is 113 Å². The Morgan fingerprint density at radius 2 is 1.86 bits per heavy atom. The van der Waals surface area contributed by atoms with Crippen molar-refractivity contribution in [2.24, 2.45) is 0 Å². The summed E-state index contributed by atoms with van der Waals surface area (Å²) in [5.41, 5.74) is 3.37. The third kappa shape index (κ3) is 5.32. The molecule has 16 heteroatoms. The number of nitrogens with zero attached hydrogens (tertiary/aromatic N) is 2. The Hall–Kier alpha value is -4.71. The number of H-pyrrole nitrogens is 1. The highest BCUT2D eigenvalue weighted by molar-refractivity contribution is 7.99. The van der Waals surface area contributed by atoms with Gasteiger partial charge in [-0.1, -0.05) is 13.0 Å². The molecule has 59 heavy (non-hydrogen) atoms. The number of aromatic nitrogens is 1. The lowest BCUT2D eigenvalue weighted by molar-refractivity contribution is -0.218. The van der Waals surface area contributed by atoms with Crippen molar-refractivity contribution in [1.82, 2.24) is 20.1 Å². The van der Waals surface area contributed by atoms with Gasteiger partial charge in [-0.05, 0) is 61.7 Å². The highest BCUT2D eigenvalue weighted by Crippen LogP contribution is 2.65. The monoisotopic (exact) mass is 828 g/mol. The number of nitrogens with one attached hydrogen (secondary N) is 2. The normalized spacial score (nSPS) is 30.3. The molecule has 3 aromatic carbocycles. The first-order valence-corrected chi connectivity index (χ1v) is 21.1. The Bertz CT molecular complexity index is 2460. The standard InChI is InChI=1S/C43H48N4O11S/c1-7-46-16-42(52)13-22-10-19(2)35(54-6)34(50)29(22)32(46)33-39-31-30(38-37(56-18-57-38)20(3)36(31)58-21(4)49)28(47(33)42)15-55-41(51)43(17-59-39)40-26(11-23(14-48)45-43)25-12-24(53-5)8-9-27(25)44-40/h8-10,12,23,28,32-33,39,44-45,48,50,52H,7,11,13-18H2,1-6H3/t23-,28-,32?,33+,39+,42?,43+/m0/s1. The van der Waals surface area contributed by atoms with Gasteiger partial charge in [0, 0.05) is 70.9 Å². The quantitative estimate of drug-likeness (QED) is 0.144. The molecule has 2 saturated heterocycles. The average molecular weight is 829 g/mol. The summed E-state index contributed by atoms with van der Waals surface area (Å²) < 4.78 is 36.5. The number of likely N-dealkylation sites (N-methyl/N-ethyl adjacent to an activating group) is 1. The molecule has 2 fully saturated rings. The molecule has 3 unspecified atom stereocenters. The minimum absolute atomic E-state index is 0.0121. The smallest absolute Gasteiger partial charge is 0.333 e. The SMILES string of the molecule is CCN1CC2(O)Cc3cc(C)c(OC)c(O)c3C1[C@@H]1[C@@H]3SC[C@]4(N[C@H](CO)Cc5c4[nH]c4ccc(OC)cc54)C(=O)OC[C@@H](c4c5c(c(C)c(OC(C)=O)c43)OCO5)N12. The molecular weight excluding hydrogens is 781 g/mol. The number of phenolic OH excluding ortho intramolecular Hbond substituents is 1. The molecule has 8 aliphatic heterocycles. The van der Waals surface area contributed by atoms with Gasteiger partial charge in [-0.3, -0.25) is 19.9 Å². The summed E-state index contributed by atoms with van der Waals surface area (Å²) >= 11 is 1.47. The van der Waals surface area contributed by atoms with E-state index in [4.69, 9.17) is 28.4 Å². The van der Waals surface area contributed by atoms with E-state index in [-0.39, 0.29) is 44.5 Å². The van der Waals surface area contributed by atoms with Gasteiger partial charge in [0.05, 0.1) is 43.9 Å². The molecular formula is C43H48N4O11S. The number of aryl methyl sites for hydroxylation is 1. The maximum absolute atomic E-state index is 15.1. The molecule has 5 N–H and O–H groups in total. The molecule has 1 spiro atoms. The van der Waals surface area contributed by atoms with Gasteiger partial charge in [-0.25, -0.2) is 4.79 Å². The van der Waals surface area contributed by atoms with Crippen LogP contribution in [0.15, 0.2) is 24.3 Å². The van der Waals surface area contributed by atoms with Gasteiger partial charge >= 0.3 is 11.9 Å². The molecule has 8 atom stereocenters. The molecule has 15 nitrogen and oxygen atoms in total. The number of fused-ring (bicyclic) bond motifs is 8. The second-order valence-corrected chi connectivity index (χ2v) is 17.7.